The predicted octanol–water partition coefficient (Wildman–Crippen LogP) is 1.64. The van der Waals surface area contributed by atoms with Gasteiger partial charge in [-0.05, 0) is 18.2 Å². The molecule has 1 aromatic heterocycles. The van der Waals surface area contributed by atoms with Crippen LogP contribution in [0.15, 0.2) is 24.3 Å². The van der Waals surface area contributed by atoms with Crippen LogP contribution in [0.2, 0.25) is 5.02 Å². The number of aromatic amines is 1. The summed E-state index contributed by atoms with van der Waals surface area (Å²) in [5.74, 6) is -1.54. The molecule has 1 heterocycles. The van der Waals surface area contributed by atoms with Crippen molar-refractivity contribution in [3.63, 3.8) is 0 Å². The van der Waals surface area contributed by atoms with E-state index in [0.717, 1.165) is 10.9 Å². The quantitative estimate of drug-likeness (QED) is 0.777. The van der Waals surface area contributed by atoms with Crippen LogP contribution >= 0.6 is 11.6 Å². The molecule has 0 aliphatic rings. The summed E-state index contributed by atoms with van der Waals surface area (Å²) in [6, 6.07) is 6.84. The van der Waals surface area contributed by atoms with E-state index < -0.39 is 18.4 Å². The third-order valence-electron chi connectivity index (χ3n) is 2.23. The van der Waals surface area contributed by atoms with Crippen molar-refractivity contribution in [1.82, 2.24) is 10.3 Å². The topological polar surface area (TPSA) is 82.2 Å². The number of aromatic nitrogens is 1. The van der Waals surface area contributed by atoms with Gasteiger partial charge in [-0.15, -0.1) is 0 Å². The maximum atomic E-state index is 11.6. The minimum Gasteiger partial charge on any atom is -0.480 e. The molecule has 0 aliphatic heterocycles. The van der Waals surface area contributed by atoms with Gasteiger partial charge in [0.05, 0.1) is 0 Å². The van der Waals surface area contributed by atoms with Crippen molar-refractivity contribution < 1.29 is 14.7 Å². The summed E-state index contributed by atoms with van der Waals surface area (Å²) in [5.41, 5.74) is 1.04. The number of amides is 1. The van der Waals surface area contributed by atoms with Gasteiger partial charge < -0.3 is 15.4 Å². The fourth-order valence-electron chi connectivity index (χ4n) is 1.47. The van der Waals surface area contributed by atoms with Gasteiger partial charge in [0.1, 0.15) is 12.2 Å². The molecule has 1 aromatic carbocycles. The van der Waals surface area contributed by atoms with Gasteiger partial charge in [0.2, 0.25) is 0 Å². The van der Waals surface area contributed by atoms with Gasteiger partial charge in [0.25, 0.3) is 5.91 Å². The molecule has 0 saturated carbocycles. The lowest BCUT2D eigenvalue weighted by Crippen LogP contribution is -2.29. The first-order chi connectivity index (χ1) is 8.06. The maximum absolute atomic E-state index is 11.6. The van der Waals surface area contributed by atoms with E-state index in [2.05, 4.69) is 10.3 Å². The molecular weight excluding hydrogens is 244 g/mol. The lowest BCUT2D eigenvalue weighted by Gasteiger charge is -1.98. The van der Waals surface area contributed by atoms with Crippen molar-refractivity contribution in [2.24, 2.45) is 0 Å². The van der Waals surface area contributed by atoms with E-state index in [4.69, 9.17) is 16.7 Å². The number of aliphatic carboxylic acids is 1. The van der Waals surface area contributed by atoms with Crippen molar-refractivity contribution in [3.8, 4) is 0 Å². The molecule has 1 amide bonds. The Labute approximate surface area is 101 Å². The Hall–Kier alpha value is -2.01. The van der Waals surface area contributed by atoms with Crippen LogP contribution in [0.5, 0.6) is 0 Å². The first-order valence-corrected chi connectivity index (χ1v) is 5.22. The highest BCUT2D eigenvalue weighted by Crippen LogP contribution is 2.19. The first-order valence-electron chi connectivity index (χ1n) is 4.84. The summed E-state index contributed by atoms with van der Waals surface area (Å²) in [6.07, 6.45) is 0. The molecule has 5 nitrogen and oxygen atoms in total. The molecule has 0 aliphatic carbocycles. The number of nitrogens with one attached hydrogen (secondary N) is 2. The summed E-state index contributed by atoms with van der Waals surface area (Å²) in [4.78, 5) is 24.7. The van der Waals surface area contributed by atoms with Crippen molar-refractivity contribution in [2.75, 3.05) is 6.54 Å². The van der Waals surface area contributed by atoms with Gasteiger partial charge in [-0.3, -0.25) is 9.59 Å². The zero-order valence-corrected chi connectivity index (χ0v) is 9.41. The van der Waals surface area contributed by atoms with Gasteiger partial charge >= 0.3 is 5.97 Å². The lowest BCUT2D eigenvalue weighted by atomic mass is 10.2. The van der Waals surface area contributed by atoms with Gasteiger partial charge in [0.15, 0.2) is 0 Å². The summed E-state index contributed by atoms with van der Waals surface area (Å²) < 4.78 is 0. The molecule has 2 aromatic rings. The highest BCUT2D eigenvalue weighted by atomic mass is 35.5. The minimum atomic E-state index is -1.09. The number of carbonyl (C=O) groups excluding carboxylic acids is 1. The zero-order chi connectivity index (χ0) is 12.4. The van der Waals surface area contributed by atoms with E-state index in [9.17, 15) is 9.59 Å². The van der Waals surface area contributed by atoms with Crippen molar-refractivity contribution in [1.29, 1.82) is 0 Å². The van der Waals surface area contributed by atoms with Gasteiger partial charge in [-0.2, -0.15) is 0 Å². The molecule has 0 unspecified atom stereocenters. The first kappa shape index (κ1) is 11.5. The normalized spacial score (nSPS) is 10.4. The number of carboxylic acid groups (broad SMARTS) is 1. The summed E-state index contributed by atoms with van der Waals surface area (Å²) in [6.45, 7) is -0.408. The number of hydrogen-bond donors (Lipinski definition) is 3. The van der Waals surface area contributed by atoms with Crippen LogP contribution in [0.25, 0.3) is 10.9 Å². The SMILES string of the molecule is O=C(O)CNC(=O)c1cc2ccc(Cl)cc2[nH]1. The Balaban J connectivity index is 2.24. The molecule has 17 heavy (non-hydrogen) atoms. The number of fused-ring (bicyclic) bond motifs is 1. The number of carbonyl (C=O) groups is 2. The Kier molecular flexibility index (Phi) is 3.01. The van der Waals surface area contributed by atoms with E-state index in [1.165, 1.54) is 0 Å². The fourth-order valence-corrected chi connectivity index (χ4v) is 1.64. The molecular formula is C11H9ClN2O3. The van der Waals surface area contributed by atoms with Crippen LogP contribution < -0.4 is 5.32 Å². The standard InChI is InChI=1S/C11H9ClN2O3/c12-7-2-1-6-3-9(14-8(6)4-7)11(17)13-5-10(15)16/h1-4,14H,5H2,(H,13,17)(H,15,16). The Morgan fingerprint density at radius 3 is 2.82 bits per heavy atom. The van der Waals surface area contributed by atoms with E-state index in [0.29, 0.717) is 10.7 Å². The van der Waals surface area contributed by atoms with Crippen molar-refractivity contribution in [2.45, 2.75) is 0 Å². The third kappa shape index (κ3) is 2.57. The molecule has 0 fully saturated rings. The molecule has 0 radical (unpaired) electrons. The molecule has 0 spiro atoms. The molecule has 0 saturated heterocycles. The molecule has 6 heteroatoms. The number of benzene rings is 1. The van der Waals surface area contributed by atoms with Crippen LogP contribution in [-0.4, -0.2) is 28.5 Å². The molecule has 2 rings (SSSR count). The van der Waals surface area contributed by atoms with Crippen molar-refractivity contribution in [3.05, 3.63) is 35.0 Å². The van der Waals surface area contributed by atoms with Crippen molar-refractivity contribution >= 4 is 34.4 Å². The van der Waals surface area contributed by atoms with Crippen LogP contribution in [0.1, 0.15) is 10.5 Å². The predicted molar refractivity (Wildman–Crippen MR) is 63.3 cm³/mol. The lowest BCUT2D eigenvalue weighted by molar-refractivity contribution is -0.135. The van der Waals surface area contributed by atoms with Crippen LogP contribution in [0.3, 0.4) is 0 Å². The fraction of sp³-hybridized carbons (Fsp3) is 0.0909. The second-order valence-corrected chi connectivity index (χ2v) is 3.93. The minimum absolute atomic E-state index is 0.309. The highest BCUT2D eigenvalue weighted by molar-refractivity contribution is 6.31. The molecule has 0 atom stereocenters. The number of H-pyrrole nitrogens is 1. The second kappa shape index (κ2) is 4.47. The Bertz CT molecular complexity index is 591. The van der Waals surface area contributed by atoms with Crippen LogP contribution in [-0.2, 0) is 4.79 Å². The molecule has 0 bridgehead atoms. The average Bonchev–Trinajstić information content (AvgIpc) is 2.68. The third-order valence-corrected chi connectivity index (χ3v) is 2.46. The van der Waals surface area contributed by atoms with E-state index in [-0.39, 0.29) is 0 Å². The van der Waals surface area contributed by atoms with Crippen LogP contribution in [0, 0.1) is 0 Å². The number of halogens is 1. The summed E-state index contributed by atoms with van der Waals surface area (Å²) >= 11 is 5.81. The van der Waals surface area contributed by atoms with Gasteiger partial charge in [-0.25, -0.2) is 0 Å². The largest absolute Gasteiger partial charge is 0.480 e. The average molecular weight is 253 g/mol. The monoisotopic (exact) mass is 252 g/mol. The summed E-state index contributed by atoms with van der Waals surface area (Å²) in [7, 11) is 0. The van der Waals surface area contributed by atoms with E-state index >= 15 is 0 Å². The van der Waals surface area contributed by atoms with E-state index in [1.54, 1.807) is 24.3 Å². The Morgan fingerprint density at radius 1 is 1.35 bits per heavy atom. The zero-order valence-electron chi connectivity index (χ0n) is 8.66. The smallest absolute Gasteiger partial charge is 0.322 e. The van der Waals surface area contributed by atoms with Gasteiger partial charge in [0, 0.05) is 15.9 Å². The number of rotatable bonds is 3. The molecule has 3 N–H and O–H groups in total. The Morgan fingerprint density at radius 2 is 2.12 bits per heavy atom. The number of hydrogen-bond acceptors (Lipinski definition) is 2. The number of carboxylic acids is 1. The van der Waals surface area contributed by atoms with Gasteiger partial charge in [-0.1, -0.05) is 17.7 Å². The second-order valence-electron chi connectivity index (χ2n) is 3.49. The summed E-state index contributed by atoms with van der Waals surface area (Å²) in [5, 5.41) is 12.1. The van der Waals surface area contributed by atoms with E-state index in [1.807, 2.05) is 0 Å². The highest BCUT2D eigenvalue weighted by Gasteiger charge is 2.10. The maximum Gasteiger partial charge on any atom is 0.322 e. The molecule has 88 valence electrons. The van der Waals surface area contributed by atoms with Crippen LogP contribution in [0.4, 0.5) is 0 Å².